The van der Waals surface area contributed by atoms with E-state index in [1.807, 2.05) is 29.2 Å². The molecule has 0 radical (unpaired) electrons. The third kappa shape index (κ3) is 5.76. The van der Waals surface area contributed by atoms with Crippen molar-refractivity contribution in [3.63, 3.8) is 0 Å². The molecule has 2 aromatic rings. The fourth-order valence-electron chi connectivity index (χ4n) is 3.61. The van der Waals surface area contributed by atoms with Crippen LogP contribution in [-0.4, -0.2) is 55.9 Å². The van der Waals surface area contributed by atoms with E-state index in [1.165, 1.54) is 0 Å². The Morgan fingerprint density at radius 3 is 1.88 bits per heavy atom. The Morgan fingerprint density at radius 2 is 1.38 bits per heavy atom. The molecular weight excluding hydrogens is 424 g/mol. The highest BCUT2D eigenvalue weighted by molar-refractivity contribution is 7.91. The second kappa shape index (κ2) is 9.45. The third-order valence-electron chi connectivity index (χ3n) is 5.96. The molecule has 0 saturated carbocycles. The second-order valence-electron chi connectivity index (χ2n) is 9.33. The Morgan fingerprint density at radius 1 is 0.844 bits per heavy atom. The first-order valence-corrected chi connectivity index (χ1v) is 12.6. The van der Waals surface area contributed by atoms with Gasteiger partial charge in [0.05, 0.1) is 10.5 Å². The number of nitrogens with zero attached hydrogens (tertiary/aromatic N) is 2. The van der Waals surface area contributed by atoms with Gasteiger partial charge in [-0.05, 0) is 44.0 Å². The maximum Gasteiger partial charge on any atom is 0.219 e. The maximum atomic E-state index is 12.7. The number of hydrogen-bond donors (Lipinski definition) is 0. The Balaban J connectivity index is 1.58. The third-order valence-corrected chi connectivity index (χ3v) is 8.54. The highest BCUT2D eigenvalue weighted by Crippen LogP contribution is 2.22. The van der Waals surface area contributed by atoms with Crippen LogP contribution in [-0.2, 0) is 26.8 Å². The minimum atomic E-state index is -3.26. The molecule has 1 heterocycles. The zero-order valence-corrected chi connectivity index (χ0v) is 20.1. The molecule has 1 aliphatic rings. The van der Waals surface area contributed by atoms with Gasteiger partial charge < -0.3 is 9.80 Å². The lowest BCUT2D eigenvalue weighted by Gasteiger charge is -2.35. The molecule has 32 heavy (non-hydrogen) atoms. The smallest absolute Gasteiger partial charge is 0.219 e. The number of carbonyl (C=O) groups excluding carboxylic acids is 2. The molecule has 2 aromatic carbocycles. The first-order valence-electron chi connectivity index (χ1n) is 10.9. The number of benzene rings is 2. The van der Waals surface area contributed by atoms with Crippen molar-refractivity contribution in [2.45, 2.75) is 44.6 Å². The van der Waals surface area contributed by atoms with E-state index in [1.54, 1.807) is 52.0 Å². The molecule has 1 amide bonds. The fourth-order valence-corrected chi connectivity index (χ4v) is 4.68. The van der Waals surface area contributed by atoms with E-state index in [-0.39, 0.29) is 23.9 Å². The van der Waals surface area contributed by atoms with E-state index in [0.29, 0.717) is 11.1 Å². The lowest BCUT2D eigenvalue weighted by Crippen LogP contribution is -2.48. The number of anilines is 1. The summed E-state index contributed by atoms with van der Waals surface area (Å²) in [7, 11) is -3.26. The van der Waals surface area contributed by atoms with Crippen molar-refractivity contribution in [1.29, 1.82) is 0 Å². The van der Waals surface area contributed by atoms with Crippen LogP contribution < -0.4 is 4.90 Å². The van der Waals surface area contributed by atoms with E-state index in [0.717, 1.165) is 37.4 Å². The highest BCUT2D eigenvalue weighted by atomic mass is 32.2. The topological polar surface area (TPSA) is 74.8 Å². The maximum absolute atomic E-state index is 12.7. The minimum absolute atomic E-state index is 0.00180. The monoisotopic (exact) mass is 456 g/mol. The normalized spacial score (nSPS) is 15.0. The van der Waals surface area contributed by atoms with Gasteiger partial charge in [0.25, 0.3) is 0 Å². The van der Waals surface area contributed by atoms with Crippen LogP contribution >= 0.6 is 0 Å². The first kappa shape index (κ1) is 24.0. The van der Waals surface area contributed by atoms with Gasteiger partial charge in [-0.2, -0.15) is 0 Å². The average Bonchev–Trinajstić information content (AvgIpc) is 2.74. The molecule has 0 bridgehead atoms. The Kier molecular flexibility index (Phi) is 7.08. The molecule has 0 N–H and O–H groups in total. The molecule has 0 aliphatic carbocycles. The molecule has 6 nitrogen and oxygen atoms in total. The van der Waals surface area contributed by atoms with Crippen molar-refractivity contribution in [1.82, 2.24) is 4.90 Å². The Hall–Kier alpha value is -2.67. The fraction of sp³-hybridized carbons (Fsp3) is 0.440. The summed E-state index contributed by atoms with van der Waals surface area (Å²) in [6, 6.07) is 14.8. The van der Waals surface area contributed by atoms with Crippen molar-refractivity contribution >= 4 is 27.2 Å². The molecular formula is C25H32N2O4S. The van der Waals surface area contributed by atoms with E-state index in [4.69, 9.17) is 0 Å². The summed E-state index contributed by atoms with van der Waals surface area (Å²) in [6.07, 6.45) is 0.290. The van der Waals surface area contributed by atoms with Gasteiger partial charge in [0.1, 0.15) is 0 Å². The molecule has 172 valence electrons. The molecule has 0 spiro atoms. The van der Waals surface area contributed by atoms with Crippen LogP contribution in [0.4, 0.5) is 5.69 Å². The van der Waals surface area contributed by atoms with Crippen LogP contribution in [0.1, 0.15) is 49.2 Å². The number of carbonyl (C=O) groups is 2. The Labute approximate surface area is 191 Å². The quantitative estimate of drug-likeness (QED) is 0.622. The van der Waals surface area contributed by atoms with Crippen LogP contribution in [0.25, 0.3) is 0 Å². The predicted molar refractivity (Wildman–Crippen MR) is 128 cm³/mol. The van der Waals surface area contributed by atoms with Crippen molar-refractivity contribution in [2.24, 2.45) is 0 Å². The summed E-state index contributed by atoms with van der Waals surface area (Å²) in [5.74, 6) is 0.0769. The number of sulfone groups is 1. The van der Waals surface area contributed by atoms with Gasteiger partial charge in [0, 0.05) is 50.8 Å². The van der Waals surface area contributed by atoms with Crippen LogP contribution in [0, 0.1) is 0 Å². The number of Topliss-reactive ketones (excluding diaryl/α,β-unsaturated/α-hetero) is 1. The zero-order valence-electron chi connectivity index (χ0n) is 19.3. The molecule has 3 rings (SSSR count). The molecule has 0 aromatic heterocycles. The number of amides is 1. The summed E-state index contributed by atoms with van der Waals surface area (Å²) >= 11 is 0. The molecule has 1 fully saturated rings. The lowest BCUT2D eigenvalue weighted by molar-refractivity contribution is -0.129. The van der Waals surface area contributed by atoms with Gasteiger partial charge in [-0.3, -0.25) is 9.59 Å². The lowest BCUT2D eigenvalue weighted by atomic mass is 10.0. The van der Waals surface area contributed by atoms with Crippen LogP contribution in [0.2, 0.25) is 0 Å². The summed E-state index contributed by atoms with van der Waals surface area (Å²) in [6.45, 7) is 9.73. The standard InChI is InChI=1S/C25H32N2O4S/c1-19(28)26-13-15-27(16-14-26)23-11-7-20(8-12-23)17-24(29)22-9-5-21(6-10-22)18-32(30,31)25(2,3)4/h5-12H,13-18H2,1-4H3. The predicted octanol–water partition coefficient (Wildman–Crippen LogP) is 3.49. The molecule has 7 heteroatoms. The van der Waals surface area contributed by atoms with Gasteiger partial charge in [-0.15, -0.1) is 0 Å². The van der Waals surface area contributed by atoms with Gasteiger partial charge >= 0.3 is 0 Å². The molecule has 1 saturated heterocycles. The average molecular weight is 457 g/mol. The van der Waals surface area contributed by atoms with Crippen molar-refractivity contribution < 1.29 is 18.0 Å². The van der Waals surface area contributed by atoms with E-state index in [9.17, 15) is 18.0 Å². The van der Waals surface area contributed by atoms with E-state index in [2.05, 4.69) is 4.90 Å². The Bertz CT molecular complexity index is 1060. The number of ketones is 1. The summed E-state index contributed by atoms with van der Waals surface area (Å²) in [4.78, 5) is 28.3. The summed E-state index contributed by atoms with van der Waals surface area (Å²) < 4.78 is 24.0. The van der Waals surface area contributed by atoms with Crippen molar-refractivity contribution in [2.75, 3.05) is 31.1 Å². The van der Waals surface area contributed by atoms with Gasteiger partial charge in [0.2, 0.25) is 5.91 Å². The van der Waals surface area contributed by atoms with E-state index >= 15 is 0 Å². The number of piperazine rings is 1. The van der Waals surface area contributed by atoms with E-state index < -0.39 is 14.6 Å². The van der Waals surface area contributed by atoms with Gasteiger partial charge in [0.15, 0.2) is 15.6 Å². The molecule has 0 atom stereocenters. The van der Waals surface area contributed by atoms with Gasteiger partial charge in [-0.25, -0.2) is 8.42 Å². The van der Waals surface area contributed by atoms with Crippen molar-refractivity contribution in [3.05, 3.63) is 65.2 Å². The molecule has 0 unspecified atom stereocenters. The summed E-state index contributed by atoms with van der Waals surface area (Å²) in [5.41, 5.74) is 3.28. The van der Waals surface area contributed by atoms with Crippen LogP contribution in [0.5, 0.6) is 0 Å². The van der Waals surface area contributed by atoms with Gasteiger partial charge in [-0.1, -0.05) is 36.4 Å². The first-order chi connectivity index (χ1) is 15.0. The highest BCUT2D eigenvalue weighted by Gasteiger charge is 2.29. The summed E-state index contributed by atoms with van der Waals surface area (Å²) in [5, 5.41) is 0. The largest absolute Gasteiger partial charge is 0.368 e. The zero-order chi connectivity index (χ0) is 23.5. The van der Waals surface area contributed by atoms with Crippen molar-refractivity contribution in [3.8, 4) is 0 Å². The van der Waals surface area contributed by atoms with Crippen LogP contribution in [0.15, 0.2) is 48.5 Å². The number of rotatable bonds is 6. The SMILES string of the molecule is CC(=O)N1CCN(c2ccc(CC(=O)c3ccc(CS(=O)(=O)C(C)(C)C)cc3)cc2)CC1. The second-order valence-corrected chi connectivity index (χ2v) is 12.1. The van der Waals surface area contributed by atoms with Crippen LogP contribution in [0.3, 0.4) is 0 Å². The minimum Gasteiger partial charge on any atom is -0.368 e. The number of hydrogen-bond acceptors (Lipinski definition) is 5. The molecule has 1 aliphatic heterocycles.